The van der Waals surface area contributed by atoms with Gasteiger partial charge in [-0.3, -0.25) is 4.79 Å². The highest BCUT2D eigenvalue weighted by molar-refractivity contribution is 5.91. The molecule has 9 heteroatoms. The number of amides is 1. The lowest BCUT2D eigenvalue weighted by molar-refractivity contribution is -0.286. The normalized spacial score (nSPS) is 21.8. The van der Waals surface area contributed by atoms with Crippen LogP contribution in [0.15, 0.2) is 18.2 Å². The summed E-state index contributed by atoms with van der Waals surface area (Å²) in [6.07, 6.45) is -3.65. The Morgan fingerprint density at radius 2 is 2.14 bits per heavy atom. The Morgan fingerprint density at radius 1 is 1.36 bits per heavy atom. The zero-order chi connectivity index (χ0) is 14.9. The van der Waals surface area contributed by atoms with Gasteiger partial charge in [0.2, 0.25) is 5.91 Å². The molecule has 1 amide bonds. The summed E-state index contributed by atoms with van der Waals surface area (Å²) in [5, 5.41) is 5.74. The van der Waals surface area contributed by atoms with E-state index >= 15 is 0 Å². The number of halogens is 3. The van der Waals surface area contributed by atoms with E-state index in [0.717, 1.165) is 6.54 Å². The molecule has 122 valence electrons. The topological polar surface area (TPSA) is 68.8 Å². The van der Waals surface area contributed by atoms with Crippen molar-refractivity contribution in [3.05, 3.63) is 18.2 Å². The Kier molecular flexibility index (Phi) is 5.05. The summed E-state index contributed by atoms with van der Waals surface area (Å²) in [4.78, 5) is 11.9. The third-order valence-electron chi connectivity index (χ3n) is 3.10. The van der Waals surface area contributed by atoms with Crippen molar-refractivity contribution < 1.29 is 27.8 Å². The van der Waals surface area contributed by atoms with Crippen molar-refractivity contribution in [2.24, 2.45) is 0 Å². The molecule has 1 atom stereocenters. The number of carbonyl (C=O) groups is 1. The van der Waals surface area contributed by atoms with Crippen molar-refractivity contribution in [1.82, 2.24) is 5.32 Å². The largest absolute Gasteiger partial charge is 0.586 e. The lowest BCUT2D eigenvalue weighted by atomic mass is 10.2. The molecule has 0 aliphatic carbocycles. The van der Waals surface area contributed by atoms with Crippen LogP contribution in [0.2, 0.25) is 0 Å². The summed E-state index contributed by atoms with van der Waals surface area (Å²) in [6, 6.07) is 4.10. The first-order chi connectivity index (χ1) is 10.0. The molecule has 2 N–H and O–H groups in total. The molecule has 0 radical (unpaired) electrons. The first-order valence-electron chi connectivity index (χ1n) is 6.54. The molecule has 2 heterocycles. The molecule has 1 saturated heterocycles. The van der Waals surface area contributed by atoms with Crippen molar-refractivity contribution >= 4 is 24.0 Å². The van der Waals surface area contributed by atoms with Gasteiger partial charge in [0.15, 0.2) is 11.5 Å². The number of hydrogen-bond donors (Lipinski definition) is 2. The smallest absolute Gasteiger partial charge is 0.395 e. The Hall–Kier alpha value is -1.64. The molecule has 2 aliphatic rings. The number of morpholine rings is 1. The summed E-state index contributed by atoms with van der Waals surface area (Å²) in [7, 11) is 0. The molecular weight excluding hydrogens is 322 g/mol. The summed E-state index contributed by atoms with van der Waals surface area (Å²) >= 11 is 0. The van der Waals surface area contributed by atoms with Crippen molar-refractivity contribution in [2.75, 3.05) is 25.0 Å². The number of fused-ring (bicyclic) bond motifs is 1. The third kappa shape index (κ3) is 3.96. The number of nitrogens with one attached hydrogen (secondary N) is 2. The van der Waals surface area contributed by atoms with E-state index in [1.165, 1.54) is 18.2 Å². The highest BCUT2D eigenvalue weighted by Crippen LogP contribution is 2.42. The van der Waals surface area contributed by atoms with Gasteiger partial charge >= 0.3 is 6.29 Å². The number of benzene rings is 1. The van der Waals surface area contributed by atoms with Gasteiger partial charge in [0.25, 0.3) is 0 Å². The minimum atomic E-state index is -3.66. The fourth-order valence-corrected chi connectivity index (χ4v) is 2.20. The number of anilines is 1. The van der Waals surface area contributed by atoms with E-state index in [9.17, 15) is 13.6 Å². The minimum absolute atomic E-state index is 0. The number of alkyl halides is 2. The van der Waals surface area contributed by atoms with Crippen LogP contribution in [0.1, 0.15) is 6.42 Å². The number of carbonyl (C=O) groups excluding carboxylic acids is 1. The van der Waals surface area contributed by atoms with Gasteiger partial charge in [0.05, 0.1) is 19.1 Å². The molecule has 0 spiro atoms. The van der Waals surface area contributed by atoms with Crippen LogP contribution in [-0.2, 0) is 9.53 Å². The summed E-state index contributed by atoms with van der Waals surface area (Å²) < 4.78 is 39.8. The first kappa shape index (κ1) is 16.7. The zero-order valence-electron chi connectivity index (χ0n) is 11.4. The predicted molar refractivity (Wildman–Crippen MR) is 75.7 cm³/mol. The van der Waals surface area contributed by atoms with Gasteiger partial charge in [-0.15, -0.1) is 21.2 Å². The van der Waals surface area contributed by atoms with Crippen LogP contribution in [0.4, 0.5) is 14.5 Å². The van der Waals surface area contributed by atoms with Crippen molar-refractivity contribution in [2.45, 2.75) is 18.8 Å². The predicted octanol–water partition coefficient (Wildman–Crippen LogP) is 1.75. The van der Waals surface area contributed by atoms with E-state index in [-0.39, 0.29) is 42.3 Å². The SMILES string of the molecule is Cl.O=C(CC1CNCCO1)Nc1ccc2c(c1)OC(F)(F)O2. The Balaban J connectivity index is 0.00000176. The summed E-state index contributed by atoms with van der Waals surface area (Å²) in [5.41, 5.74) is 0.365. The fraction of sp³-hybridized carbons (Fsp3) is 0.462. The van der Waals surface area contributed by atoms with Gasteiger partial charge < -0.3 is 24.8 Å². The maximum Gasteiger partial charge on any atom is 0.586 e. The second-order valence-electron chi connectivity index (χ2n) is 4.78. The quantitative estimate of drug-likeness (QED) is 0.880. The van der Waals surface area contributed by atoms with Crippen LogP contribution >= 0.6 is 12.4 Å². The van der Waals surface area contributed by atoms with Crippen LogP contribution in [0.3, 0.4) is 0 Å². The van der Waals surface area contributed by atoms with Crippen molar-refractivity contribution in [1.29, 1.82) is 0 Å². The first-order valence-corrected chi connectivity index (χ1v) is 6.54. The fourth-order valence-electron chi connectivity index (χ4n) is 2.20. The van der Waals surface area contributed by atoms with Crippen LogP contribution in [-0.4, -0.2) is 38.0 Å². The summed E-state index contributed by atoms with van der Waals surface area (Å²) in [5.74, 6) is -0.416. The molecule has 3 rings (SSSR count). The van der Waals surface area contributed by atoms with Crippen LogP contribution in [0, 0.1) is 0 Å². The van der Waals surface area contributed by atoms with Gasteiger partial charge in [-0.1, -0.05) is 0 Å². The maximum absolute atomic E-state index is 12.9. The average Bonchev–Trinajstić information content (AvgIpc) is 2.73. The van der Waals surface area contributed by atoms with Gasteiger partial charge in [-0.2, -0.15) is 0 Å². The van der Waals surface area contributed by atoms with Crippen LogP contribution < -0.4 is 20.1 Å². The molecule has 0 aromatic heterocycles. The second kappa shape index (κ2) is 6.64. The van der Waals surface area contributed by atoms with E-state index in [0.29, 0.717) is 18.8 Å². The van der Waals surface area contributed by atoms with Crippen LogP contribution in [0.25, 0.3) is 0 Å². The van der Waals surface area contributed by atoms with Gasteiger partial charge in [0, 0.05) is 24.8 Å². The molecule has 2 aliphatic heterocycles. The lowest BCUT2D eigenvalue weighted by Crippen LogP contribution is -2.40. The number of rotatable bonds is 3. The van der Waals surface area contributed by atoms with E-state index in [2.05, 4.69) is 20.1 Å². The van der Waals surface area contributed by atoms with Gasteiger partial charge in [-0.05, 0) is 12.1 Å². The Labute approximate surface area is 131 Å². The molecular formula is C13H15ClF2N2O4. The second-order valence-corrected chi connectivity index (χ2v) is 4.78. The zero-order valence-corrected chi connectivity index (χ0v) is 12.3. The van der Waals surface area contributed by atoms with E-state index in [4.69, 9.17) is 4.74 Å². The monoisotopic (exact) mass is 336 g/mol. The molecule has 0 saturated carbocycles. The highest BCUT2D eigenvalue weighted by atomic mass is 35.5. The minimum Gasteiger partial charge on any atom is -0.395 e. The standard InChI is InChI=1S/C13H14F2N2O4.ClH/c14-13(15)20-10-2-1-8(5-11(10)21-13)17-12(18)6-9-7-16-3-4-19-9;/h1-2,5,9,16H,3-4,6-7H2,(H,17,18);1H. The van der Waals surface area contributed by atoms with Crippen molar-refractivity contribution in [3.8, 4) is 11.5 Å². The van der Waals surface area contributed by atoms with Crippen LogP contribution in [0.5, 0.6) is 11.5 Å². The van der Waals surface area contributed by atoms with E-state index in [1.807, 2.05) is 0 Å². The highest BCUT2D eigenvalue weighted by Gasteiger charge is 2.43. The van der Waals surface area contributed by atoms with E-state index < -0.39 is 6.29 Å². The molecule has 1 fully saturated rings. The molecule has 1 aromatic carbocycles. The molecule has 0 bridgehead atoms. The maximum atomic E-state index is 12.9. The Morgan fingerprint density at radius 3 is 2.86 bits per heavy atom. The lowest BCUT2D eigenvalue weighted by Gasteiger charge is -2.23. The summed E-state index contributed by atoms with van der Waals surface area (Å²) in [6.45, 7) is 1.95. The van der Waals surface area contributed by atoms with E-state index in [1.54, 1.807) is 0 Å². The Bertz CT molecular complexity index is 553. The molecule has 1 unspecified atom stereocenters. The van der Waals surface area contributed by atoms with Gasteiger partial charge in [-0.25, -0.2) is 0 Å². The molecule has 1 aromatic rings. The average molecular weight is 337 g/mol. The molecule has 6 nitrogen and oxygen atoms in total. The number of ether oxygens (including phenoxy) is 3. The number of hydrogen-bond acceptors (Lipinski definition) is 5. The third-order valence-corrected chi connectivity index (χ3v) is 3.10. The van der Waals surface area contributed by atoms with Gasteiger partial charge in [0.1, 0.15) is 0 Å². The molecule has 22 heavy (non-hydrogen) atoms. The van der Waals surface area contributed by atoms with Crippen molar-refractivity contribution in [3.63, 3.8) is 0 Å².